The lowest BCUT2D eigenvalue weighted by molar-refractivity contribution is -0.135. The molecule has 26 heavy (non-hydrogen) atoms. The molecule has 8 nitrogen and oxygen atoms in total. The molecular formula is C18H24N4O4. The van der Waals surface area contributed by atoms with Crippen molar-refractivity contribution < 1.29 is 19.4 Å². The summed E-state index contributed by atoms with van der Waals surface area (Å²) in [5, 5.41) is 19.3. The molecule has 1 amide bonds. The molecule has 2 N–H and O–H groups in total. The van der Waals surface area contributed by atoms with E-state index >= 15 is 0 Å². The predicted molar refractivity (Wildman–Crippen MR) is 96.1 cm³/mol. The molecular weight excluding hydrogens is 336 g/mol. The first-order valence-electron chi connectivity index (χ1n) is 8.28. The number of carbonyl (C=O) groups is 2. The van der Waals surface area contributed by atoms with E-state index in [1.165, 1.54) is 7.11 Å². The minimum atomic E-state index is -1.11. The molecule has 0 aliphatic carbocycles. The fraction of sp³-hybridized carbons (Fsp3) is 0.444. The van der Waals surface area contributed by atoms with E-state index in [1.54, 1.807) is 22.9 Å². The van der Waals surface area contributed by atoms with Crippen molar-refractivity contribution in [2.75, 3.05) is 13.7 Å². The van der Waals surface area contributed by atoms with E-state index in [4.69, 9.17) is 9.84 Å². The van der Waals surface area contributed by atoms with Gasteiger partial charge in [0.25, 0.3) is 5.91 Å². The van der Waals surface area contributed by atoms with Crippen molar-refractivity contribution in [3.05, 3.63) is 30.0 Å². The molecule has 0 aliphatic heterocycles. The van der Waals surface area contributed by atoms with Crippen LogP contribution < -0.4 is 10.1 Å². The molecule has 2 rings (SSSR count). The van der Waals surface area contributed by atoms with Crippen molar-refractivity contribution in [1.29, 1.82) is 0 Å². The molecule has 0 bridgehead atoms. The van der Waals surface area contributed by atoms with Crippen LogP contribution in [0, 0.1) is 5.41 Å². The van der Waals surface area contributed by atoms with Gasteiger partial charge in [0.2, 0.25) is 0 Å². The Morgan fingerprint density at radius 1 is 1.31 bits per heavy atom. The van der Waals surface area contributed by atoms with Crippen molar-refractivity contribution in [2.24, 2.45) is 5.41 Å². The summed E-state index contributed by atoms with van der Waals surface area (Å²) in [5.74, 6) is -1.28. The molecule has 0 fully saturated rings. The van der Waals surface area contributed by atoms with Gasteiger partial charge in [0.15, 0.2) is 0 Å². The Morgan fingerprint density at radius 2 is 2.04 bits per heavy atom. The van der Waals surface area contributed by atoms with Crippen LogP contribution in [0.2, 0.25) is 0 Å². The average Bonchev–Trinajstić information content (AvgIpc) is 3.05. The maximum absolute atomic E-state index is 12.1. The summed E-state index contributed by atoms with van der Waals surface area (Å²) < 4.78 is 7.06. The van der Waals surface area contributed by atoms with Crippen LogP contribution in [-0.4, -0.2) is 45.6 Å². The van der Waals surface area contributed by atoms with Gasteiger partial charge in [0.1, 0.15) is 18.0 Å². The number of carboxylic acids is 1. The number of aromatic nitrogens is 3. The number of methoxy groups -OCH3 is 1. The zero-order valence-electron chi connectivity index (χ0n) is 15.4. The number of carbonyl (C=O) groups excluding carboxylic acids is 1. The van der Waals surface area contributed by atoms with E-state index < -0.39 is 18.4 Å². The Bertz CT molecular complexity index is 793. The van der Waals surface area contributed by atoms with E-state index in [2.05, 4.69) is 36.4 Å². The lowest BCUT2D eigenvalue weighted by Gasteiger charge is -2.17. The van der Waals surface area contributed by atoms with Crippen molar-refractivity contribution in [3.8, 4) is 17.0 Å². The number of benzene rings is 1. The molecule has 2 aromatic rings. The SMILES string of the molecule is COc1cc(-c2cn(CCC(C)(C)C)nn2)ccc1C(=O)NCC(=O)O. The number of nitrogens with zero attached hydrogens (tertiary/aromatic N) is 3. The summed E-state index contributed by atoms with van der Waals surface area (Å²) in [6.07, 6.45) is 2.83. The third kappa shape index (κ3) is 5.30. The van der Waals surface area contributed by atoms with Gasteiger partial charge in [-0.05, 0) is 24.0 Å². The standard InChI is InChI=1S/C18H24N4O4/c1-18(2,3)7-8-22-11-14(20-21-22)12-5-6-13(15(9-12)26-4)17(25)19-10-16(23)24/h5-6,9,11H,7-8,10H2,1-4H3,(H,19,25)(H,23,24). The van der Waals surface area contributed by atoms with Gasteiger partial charge in [-0.25, -0.2) is 0 Å². The van der Waals surface area contributed by atoms with Gasteiger partial charge in [0.05, 0.1) is 18.9 Å². The van der Waals surface area contributed by atoms with Crippen LogP contribution in [-0.2, 0) is 11.3 Å². The number of rotatable bonds is 7. The molecule has 1 aromatic carbocycles. The minimum absolute atomic E-state index is 0.209. The molecule has 0 atom stereocenters. The van der Waals surface area contributed by atoms with Gasteiger partial charge < -0.3 is 15.2 Å². The highest BCUT2D eigenvalue weighted by Crippen LogP contribution is 2.26. The van der Waals surface area contributed by atoms with Crippen molar-refractivity contribution in [3.63, 3.8) is 0 Å². The Labute approximate surface area is 152 Å². The number of aliphatic carboxylic acids is 1. The van der Waals surface area contributed by atoms with Crippen LogP contribution in [0.5, 0.6) is 5.75 Å². The second-order valence-corrected chi connectivity index (χ2v) is 7.17. The quantitative estimate of drug-likeness (QED) is 0.784. The number of ether oxygens (including phenoxy) is 1. The van der Waals surface area contributed by atoms with Crippen LogP contribution in [0.4, 0.5) is 0 Å². The Balaban J connectivity index is 2.17. The minimum Gasteiger partial charge on any atom is -0.496 e. The Morgan fingerprint density at radius 3 is 2.65 bits per heavy atom. The molecule has 0 saturated heterocycles. The molecule has 0 radical (unpaired) electrons. The van der Waals surface area contributed by atoms with Gasteiger partial charge >= 0.3 is 5.97 Å². The van der Waals surface area contributed by atoms with Gasteiger partial charge in [-0.1, -0.05) is 32.1 Å². The summed E-state index contributed by atoms with van der Waals surface area (Å²) in [7, 11) is 1.45. The van der Waals surface area contributed by atoms with E-state index in [0.717, 1.165) is 18.5 Å². The second kappa shape index (κ2) is 7.99. The third-order valence-electron chi connectivity index (χ3n) is 3.77. The zero-order valence-corrected chi connectivity index (χ0v) is 15.4. The average molecular weight is 360 g/mol. The first-order valence-corrected chi connectivity index (χ1v) is 8.28. The number of nitrogens with one attached hydrogen (secondary N) is 1. The molecule has 8 heteroatoms. The van der Waals surface area contributed by atoms with Crippen LogP contribution in [0.1, 0.15) is 37.6 Å². The van der Waals surface area contributed by atoms with E-state index in [0.29, 0.717) is 11.4 Å². The van der Waals surface area contributed by atoms with Gasteiger partial charge in [-0.15, -0.1) is 5.10 Å². The molecule has 0 unspecified atom stereocenters. The number of carboxylic acid groups (broad SMARTS) is 1. The smallest absolute Gasteiger partial charge is 0.322 e. The van der Waals surface area contributed by atoms with E-state index in [1.807, 2.05) is 6.20 Å². The van der Waals surface area contributed by atoms with Gasteiger partial charge in [-0.3, -0.25) is 14.3 Å². The molecule has 1 heterocycles. The predicted octanol–water partition coefficient (Wildman–Crippen LogP) is 2.20. The molecule has 1 aromatic heterocycles. The van der Waals surface area contributed by atoms with Crippen LogP contribution in [0.25, 0.3) is 11.3 Å². The Kier molecular flexibility index (Phi) is 5.97. The zero-order chi connectivity index (χ0) is 19.3. The van der Waals surface area contributed by atoms with Crippen LogP contribution in [0.3, 0.4) is 0 Å². The fourth-order valence-electron chi connectivity index (χ4n) is 2.28. The normalized spacial score (nSPS) is 11.2. The summed E-state index contributed by atoms with van der Waals surface area (Å²) in [4.78, 5) is 22.7. The summed E-state index contributed by atoms with van der Waals surface area (Å²) >= 11 is 0. The number of aryl methyl sites for hydroxylation is 1. The summed E-state index contributed by atoms with van der Waals surface area (Å²) in [5.41, 5.74) is 1.91. The largest absolute Gasteiger partial charge is 0.496 e. The highest BCUT2D eigenvalue weighted by Gasteiger charge is 2.16. The highest BCUT2D eigenvalue weighted by atomic mass is 16.5. The van der Waals surface area contributed by atoms with Gasteiger partial charge in [0, 0.05) is 12.1 Å². The van der Waals surface area contributed by atoms with E-state index in [-0.39, 0.29) is 11.0 Å². The highest BCUT2D eigenvalue weighted by molar-refractivity contribution is 5.98. The lowest BCUT2D eigenvalue weighted by atomic mass is 9.92. The molecule has 0 aliphatic rings. The maximum Gasteiger partial charge on any atom is 0.322 e. The van der Waals surface area contributed by atoms with Gasteiger partial charge in [-0.2, -0.15) is 0 Å². The van der Waals surface area contributed by atoms with Crippen molar-refractivity contribution >= 4 is 11.9 Å². The Hall–Kier alpha value is -2.90. The second-order valence-electron chi connectivity index (χ2n) is 7.17. The lowest BCUT2D eigenvalue weighted by Crippen LogP contribution is -2.29. The number of hydrogen-bond donors (Lipinski definition) is 2. The summed E-state index contributed by atoms with van der Waals surface area (Å²) in [6.45, 7) is 6.83. The van der Waals surface area contributed by atoms with Crippen LogP contribution >= 0.6 is 0 Å². The fourth-order valence-corrected chi connectivity index (χ4v) is 2.28. The number of hydrogen-bond acceptors (Lipinski definition) is 5. The topological polar surface area (TPSA) is 106 Å². The monoisotopic (exact) mass is 360 g/mol. The first-order chi connectivity index (χ1) is 12.2. The first kappa shape index (κ1) is 19.4. The van der Waals surface area contributed by atoms with Crippen molar-refractivity contribution in [1.82, 2.24) is 20.3 Å². The van der Waals surface area contributed by atoms with E-state index in [9.17, 15) is 9.59 Å². The molecule has 140 valence electrons. The summed E-state index contributed by atoms with van der Waals surface area (Å²) in [6, 6.07) is 5.00. The van der Waals surface area contributed by atoms with Crippen molar-refractivity contribution in [2.45, 2.75) is 33.7 Å². The molecule has 0 spiro atoms. The molecule has 0 saturated carbocycles. The number of amides is 1. The third-order valence-corrected chi connectivity index (χ3v) is 3.77. The maximum atomic E-state index is 12.1. The van der Waals surface area contributed by atoms with Crippen LogP contribution in [0.15, 0.2) is 24.4 Å².